The van der Waals surface area contributed by atoms with Gasteiger partial charge in [-0.2, -0.15) is 9.61 Å². The number of pyridine rings is 1. The van der Waals surface area contributed by atoms with Gasteiger partial charge in [0.2, 0.25) is 0 Å². The van der Waals surface area contributed by atoms with Crippen LogP contribution in [0.1, 0.15) is 35.6 Å². The van der Waals surface area contributed by atoms with Crippen LogP contribution in [0, 0.1) is 0 Å². The Bertz CT molecular complexity index is 1460. The molecule has 4 heterocycles. The van der Waals surface area contributed by atoms with E-state index in [0.717, 1.165) is 53.3 Å². The Balaban J connectivity index is 1.23. The predicted octanol–water partition coefficient (Wildman–Crippen LogP) is 6.03. The summed E-state index contributed by atoms with van der Waals surface area (Å²) in [4.78, 5) is 11.8. The Morgan fingerprint density at radius 3 is 2.77 bits per heavy atom. The van der Waals surface area contributed by atoms with Crippen LogP contribution in [-0.2, 0) is 13.1 Å². The van der Waals surface area contributed by atoms with Gasteiger partial charge in [-0.25, -0.2) is 4.98 Å². The topological polar surface area (TPSA) is 58.4 Å². The van der Waals surface area contributed by atoms with E-state index in [4.69, 9.17) is 4.98 Å². The Kier molecular flexibility index (Phi) is 6.19. The molecular formula is C28H27BrN6. The predicted molar refractivity (Wildman–Crippen MR) is 143 cm³/mol. The number of hydrogen-bond donors (Lipinski definition) is 1. The first kappa shape index (κ1) is 22.2. The fourth-order valence-corrected chi connectivity index (χ4v) is 5.37. The number of hydrogen-bond acceptors (Lipinski definition) is 5. The molecule has 7 heteroatoms. The van der Waals surface area contributed by atoms with Crippen LogP contribution in [0.3, 0.4) is 0 Å². The first-order valence-electron chi connectivity index (χ1n) is 12.1. The zero-order valence-electron chi connectivity index (χ0n) is 19.4. The van der Waals surface area contributed by atoms with Gasteiger partial charge < -0.3 is 5.32 Å². The molecule has 176 valence electrons. The first-order chi connectivity index (χ1) is 17.2. The van der Waals surface area contributed by atoms with E-state index >= 15 is 0 Å². The molecule has 0 spiro atoms. The molecule has 1 aliphatic rings. The molecule has 6 rings (SSSR count). The molecular weight excluding hydrogens is 500 g/mol. The molecule has 1 fully saturated rings. The fourth-order valence-electron chi connectivity index (χ4n) is 5.02. The maximum Gasteiger partial charge on any atom is 0.171 e. The fraction of sp³-hybridized carbons (Fsp3) is 0.250. The number of fused-ring (bicyclic) bond motifs is 2. The number of nitrogens with one attached hydrogen (secondary N) is 1. The highest BCUT2D eigenvalue weighted by Gasteiger charge is 2.24. The lowest BCUT2D eigenvalue weighted by molar-refractivity contribution is 0.198. The number of rotatable bonds is 6. The molecule has 35 heavy (non-hydrogen) atoms. The Morgan fingerprint density at radius 2 is 1.89 bits per heavy atom. The van der Waals surface area contributed by atoms with Crippen molar-refractivity contribution in [2.24, 2.45) is 0 Å². The monoisotopic (exact) mass is 526 g/mol. The van der Waals surface area contributed by atoms with Crippen LogP contribution < -0.4 is 5.32 Å². The molecule has 0 saturated carbocycles. The van der Waals surface area contributed by atoms with Crippen LogP contribution in [0.4, 0.5) is 5.82 Å². The molecule has 0 bridgehead atoms. The second-order valence-electron chi connectivity index (χ2n) is 9.26. The number of aromatic nitrogens is 4. The number of piperidine rings is 1. The lowest BCUT2D eigenvalue weighted by Gasteiger charge is -2.32. The van der Waals surface area contributed by atoms with Crippen molar-refractivity contribution in [3.8, 4) is 0 Å². The van der Waals surface area contributed by atoms with Crippen molar-refractivity contribution in [3.63, 3.8) is 0 Å². The number of anilines is 1. The molecule has 1 N–H and O–H groups in total. The number of likely N-dealkylation sites (tertiary alicyclic amines) is 1. The van der Waals surface area contributed by atoms with Crippen LogP contribution in [0.2, 0.25) is 0 Å². The first-order valence-corrected chi connectivity index (χ1v) is 12.9. The summed E-state index contributed by atoms with van der Waals surface area (Å²) in [6.45, 7) is 3.77. The van der Waals surface area contributed by atoms with Gasteiger partial charge in [0.25, 0.3) is 0 Å². The van der Waals surface area contributed by atoms with Gasteiger partial charge in [-0.05, 0) is 69.3 Å². The van der Waals surface area contributed by atoms with Gasteiger partial charge in [-0.1, -0.05) is 42.5 Å². The van der Waals surface area contributed by atoms with Crippen molar-refractivity contribution >= 4 is 38.2 Å². The maximum atomic E-state index is 5.03. The molecule has 1 unspecified atom stereocenters. The van der Waals surface area contributed by atoms with Gasteiger partial charge in [-0.15, -0.1) is 0 Å². The Hall–Kier alpha value is -3.29. The van der Waals surface area contributed by atoms with E-state index in [1.807, 2.05) is 23.0 Å². The summed E-state index contributed by atoms with van der Waals surface area (Å²) in [5.41, 5.74) is 4.47. The third-order valence-corrected chi connectivity index (χ3v) is 7.35. The highest BCUT2D eigenvalue weighted by molar-refractivity contribution is 9.10. The maximum absolute atomic E-state index is 5.03. The molecule has 3 aromatic heterocycles. The van der Waals surface area contributed by atoms with Crippen LogP contribution in [0.25, 0.3) is 16.4 Å². The van der Waals surface area contributed by atoms with Crippen LogP contribution in [-0.4, -0.2) is 37.6 Å². The largest absolute Gasteiger partial charge is 0.366 e. The van der Waals surface area contributed by atoms with Crippen molar-refractivity contribution in [3.05, 3.63) is 101 Å². The minimum absolute atomic E-state index is 0.384. The van der Waals surface area contributed by atoms with Gasteiger partial charge in [0.05, 0.1) is 16.4 Å². The minimum Gasteiger partial charge on any atom is -0.366 e. The van der Waals surface area contributed by atoms with Gasteiger partial charge in [0.1, 0.15) is 5.82 Å². The van der Waals surface area contributed by atoms with Crippen molar-refractivity contribution in [2.75, 3.05) is 18.4 Å². The zero-order chi connectivity index (χ0) is 23.6. The summed E-state index contributed by atoms with van der Waals surface area (Å²) >= 11 is 3.64. The standard InChI is InChI=1S/C28H27BrN6/c29-25-17-32-35-27(31-16-21-5-3-11-30-15-21)14-26(33-28(25)35)24-8-4-12-34(19-24)18-20-9-10-22-6-1-2-7-23(22)13-20/h1-3,5-7,9-11,13-15,17,24,31H,4,8,12,16,18-19H2. The van der Waals surface area contributed by atoms with E-state index in [9.17, 15) is 0 Å². The van der Waals surface area contributed by atoms with Crippen LogP contribution in [0.15, 0.2) is 83.7 Å². The molecule has 2 aromatic carbocycles. The molecule has 0 radical (unpaired) electrons. The van der Waals surface area contributed by atoms with Gasteiger partial charge in [0.15, 0.2) is 5.65 Å². The lowest BCUT2D eigenvalue weighted by Crippen LogP contribution is -2.34. The number of nitrogens with zero attached hydrogens (tertiary/aromatic N) is 5. The van der Waals surface area contributed by atoms with Crippen molar-refractivity contribution in [1.82, 2.24) is 24.5 Å². The van der Waals surface area contributed by atoms with Crippen LogP contribution >= 0.6 is 15.9 Å². The summed E-state index contributed by atoms with van der Waals surface area (Å²) in [6.07, 6.45) is 7.81. The molecule has 1 aliphatic heterocycles. The molecule has 1 saturated heterocycles. The summed E-state index contributed by atoms with van der Waals surface area (Å²) < 4.78 is 2.78. The third kappa shape index (κ3) is 4.79. The zero-order valence-corrected chi connectivity index (χ0v) is 21.0. The summed E-state index contributed by atoms with van der Waals surface area (Å²) in [5, 5.41) is 10.7. The lowest BCUT2D eigenvalue weighted by atomic mass is 9.94. The highest BCUT2D eigenvalue weighted by Crippen LogP contribution is 2.30. The molecule has 0 aliphatic carbocycles. The summed E-state index contributed by atoms with van der Waals surface area (Å²) in [7, 11) is 0. The van der Waals surface area contributed by atoms with E-state index in [0.29, 0.717) is 12.5 Å². The van der Waals surface area contributed by atoms with E-state index < -0.39 is 0 Å². The summed E-state index contributed by atoms with van der Waals surface area (Å²) in [5.74, 6) is 1.33. The second-order valence-corrected chi connectivity index (χ2v) is 10.1. The van der Waals surface area contributed by atoms with Crippen LogP contribution in [0.5, 0.6) is 0 Å². The van der Waals surface area contributed by atoms with Gasteiger partial charge in [-0.3, -0.25) is 9.88 Å². The Labute approximate surface area is 213 Å². The van der Waals surface area contributed by atoms with E-state index in [1.165, 1.54) is 22.8 Å². The normalized spacial score (nSPS) is 16.7. The highest BCUT2D eigenvalue weighted by atomic mass is 79.9. The van der Waals surface area contributed by atoms with Crippen molar-refractivity contribution in [2.45, 2.75) is 31.8 Å². The summed E-state index contributed by atoms with van der Waals surface area (Å²) in [6, 6.07) is 21.6. The third-order valence-electron chi connectivity index (χ3n) is 6.79. The SMILES string of the molecule is Brc1cnn2c(NCc3cccnc3)cc(C3CCCN(Cc4ccc5ccccc5c4)C3)nc12. The van der Waals surface area contributed by atoms with Crippen molar-refractivity contribution in [1.29, 1.82) is 0 Å². The van der Waals surface area contributed by atoms with Crippen molar-refractivity contribution < 1.29 is 0 Å². The molecule has 5 aromatic rings. The molecule has 6 nitrogen and oxygen atoms in total. The van der Waals surface area contributed by atoms with E-state index in [2.05, 4.69) is 90.8 Å². The van der Waals surface area contributed by atoms with Gasteiger partial charge >= 0.3 is 0 Å². The van der Waals surface area contributed by atoms with E-state index in [-0.39, 0.29) is 0 Å². The second kappa shape index (κ2) is 9.76. The number of halogens is 1. The average molecular weight is 527 g/mol. The van der Waals surface area contributed by atoms with E-state index in [1.54, 1.807) is 6.20 Å². The Morgan fingerprint density at radius 1 is 0.971 bits per heavy atom. The number of benzene rings is 2. The quantitative estimate of drug-likeness (QED) is 0.292. The minimum atomic E-state index is 0.384. The average Bonchev–Trinajstić information content (AvgIpc) is 3.28. The smallest absolute Gasteiger partial charge is 0.171 e. The molecule has 0 amide bonds. The van der Waals surface area contributed by atoms with Gasteiger partial charge in [0, 0.05) is 44.0 Å². The molecule has 1 atom stereocenters.